The highest BCUT2D eigenvalue weighted by molar-refractivity contribution is 5.65. The summed E-state index contributed by atoms with van der Waals surface area (Å²) in [4.78, 5) is 6.70. The van der Waals surface area contributed by atoms with E-state index in [-0.39, 0.29) is 0 Å². The molecule has 2 N–H and O–H groups in total. The Morgan fingerprint density at radius 2 is 2.06 bits per heavy atom. The maximum Gasteiger partial charge on any atom is 0.205 e. The van der Waals surface area contributed by atoms with E-state index in [4.69, 9.17) is 5.73 Å². The van der Waals surface area contributed by atoms with Crippen LogP contribution in [0, 0.1) is 6.92 Å². The maximum atomic E-state index is 5.82. The predicted octanol–water partition coefficient (Wildman–Crippen LogP) is 1.83. The minimum absolute atomic E-state index is 0.570. The number of nitrogens with two attached hydrogens (primary N) is 1. The third-order valence-corrected chi connectivity index (χ3v) is 3.31. The van der Waals surface area contributed by atoms with E-state index in [2.05, 4.69) is 22.0 Å². The molecule has 0 saturated carbocycles. The van der Waals surface area contributed by atoms with Crippen LogP contribution >= 0.6 is 0 Å². The van der Waals surface area contributed by atoms with Crippen molar-refractivity contribution in [2.75, 3.05) is 23.7 Å². The Labute approximate surface area is 94.7 Å². The monoisotopic (exact) mass is 216 g/mol. The van der Waals surface area contributed by atoms with Crippen molar-refractivity contribution in [1.82, 2.24) is 9.38 Å². The Hall–Kier alpha value is -1.71. The van der Waals surface area contributed by atoms with Gasteiger partial charge in [0.25, 0.3) is 0 Å². The van der Waals surface area contributed by atoms with Crippen LogP contribution in [0.5, 0.6) is 0 Å². The number of anilines is 2. The fraction of sp³-hybridized carbons (Fsp3) is 0.417. The fourth-order valence-corrected chi connectivity index (χ4v) is 2.42. The molecule has 1 aliphatic heterocycles. The fourth-order valence-electron chi connectivity index (χ4n) is 2.42. The Kier molecular flexibility index (Phi) is 2.02. The lowest BCUT2D eigenvalue weighted by atomic mass is 10.3. The minimum Gasteiger partial charge on any atom is -0.371 e. The lowest BCUT2D eigenvalue weighted by Gasteiger charge is -2.17. The first-order valence-electron chi connectivity index (χ1n) is 5.75. The Balaban J connectivity index is 2.11. The number of hydrogen-bond acceptors (Lipinski definition) is 3. The largest absolute Gasteiger partial charge is 0.371 e. The van der Waals surface area contributed by atoms with Crippen LogP contribution in [0.4, 0.5) is 11.6 Å². The van der Waals surface area contributed by atoms with Gasteiger partial charge < -0.3 is 10.6 Å². The third-order valence-electron chi connectivity index (χ3n) is 3.31. The molecule has 1 aliphatic rings. The summed E-state index contributed by atoms with van der Waals surface area (Å²) in [5.41, 5.74) is 9.22. The summed E-state index contributed by atoms with van der Waals surface area (Å²) in [6, 6.07) is 4.31. The average molecular weight is 216 g/mol. The standard InChI is InChI=1S/C12H16N4/c1-9-11-8-10(15-5-2-3-6-15)4-7-16(11)12(13)14-9/h4,7-8H,2-3,5-6H2,1H3,(H2,13,14). The van der Waals surface area contributed by atoms with Crippen LogP contribution in [0.2, 0.25) is 0 Å². The van der Waals surface area contributed by atoms with Crippen LogP contribution < -0.4 is 10.6 Å². The summed E-state index contributed by atoms with van der Waals surface area (Å²) in [5.74, 6) is 0.570. The van der Waals surface area contributed by atoms with Crippen molar-refractivity contribution in [3.05, 3.63) is 24.0 Å². The van der Waals surface area contributed by atoms with Crippen LogP contribution in [-0.4, -0.2) is 22.5 Å². The molecule has 3 rings (SSSR count). The summed E-state index contributed by atoms with van der Waals surface area (Å²) < 4.78 is 1.94. The topological polar surface area (TPSA) is 46.6 Å². The molecule has 1 fully saturated rings. The van der Waals surface area contributed by atoms with Crippen molar-refractivity contribution >= 4 is 17.2 Å². The van der Waals surface area contributed by atoms with Crippen LogP contribution in [-0.2, 0) is 0 Å². The molecule has 0 aromatic carbocycles. The first-order valence-corrected chi connectivity index (χ1v) is 5.75. The van der Waals surface area contributed by atoms with Gasteiger partial charge in [-0.2, -0.15) is 0 Å². The molecular weight excluding hydrogens is 200 g/mol. The maximum absolute atomic E-state index is 5.82. The van der Waals surface area contributed by atoms with Gasteiger partial charge in [0.1, 0.15) is 0 Å². The van der Waals surface area contributed by atoms with Gasteiger partial charge in [-0.25, -0.2) is 4.98 Å². The van der Waals surface area contributed by atoms with Crippen LogP contribution in [0.25, 0.3) is 5.52 Å². The van der Waals surface area contributed by atoms with Gasteiger partial charge in [-0.1, -0.05) is 0 Å². The smallest absolute Gasteiger partial charge is 0.205 e. The number of aromatic nitrogens is 2. The van der Waals surface area contributed by atoms with Gasteiger partial charge in [0, 0.05) is 25.0 Å². The zero-order valence-corrected chi connectivity index (χ0v) is 9.48. The molecule has 0 aliphatic carbocycles. The van der Waals surface area contributed by atoms with Crippen molar-refractivity contribution in [2.45, 2.75) is 19.8 Å². The van der Waals surface area contributed by atoms with E-state index in [1.807, 2.05) is 17.5 Å². The van der Waals surface area contributed by atoms with Crippen LogP contribution in [0.1, 0.15) is 18.5 Å². The second-order valence-corrected chi connectivity index (χ2v) is 4.39. The van der Waals surface area contributed by atoms with Gasteiger partial charge in [0.15, 0.2) is 0 Å². The quantitative estimate of drug-likeness (QED) is 0.791. The summed E-state index contributed by atoms with van der Waals surface area (Å²) in [6.45, 7) is 4.33. The molecule has 0 atom stereocenters. The second kappa shape index (κ2) is 3.40. The SMILES string of the molecule is Cc1nc(N)n2ccc(N3CCCC3)cc12. The molecule has 0 radical (unpaired) electrons. The van der Waals surface area contributed by atoms with E-state index in [0.29, 0.717) is 5.95 Å². The Morgan fingerprint density at radius 3 is 2.81 bits per heavy atom. The average Bonchev–Trinajstić information content (AvgIpc) is 2.88. The van der Waals surface area contributed by atoms with E-state index in [9.17, 15) is 0 Å². The molecule has 3 heterocycles. The van der Waals surface area contributed by atoms with Crippen molar-refractivity contribution in [3.63, 3.8) is 0 Å². The first-order chi connectivity index (χ1) is 7.75. The zero-order chi connectivity index (χ0) is 11.1. The number of aryl methyl sites for hydroxylation is 1. The van der Waals surface area contributed by atoms with Gasteiger partial charge >= 0.3 is 0 Å². The molecule has 2 aromatic heterocycles. The molecule has 84 valence electrons. The summed E-state index contributed by atoms with van der Waals surface area (Å²) in [6.07, 6.45) is 4.61. The molecule has 0 amide bonds. The molecule has 2 aromatic rings. The Morgan fingerprint density at radius 1 is 1.31 bits per heavy atom. The van der Waals surface area contributed by atoms with Crippen LogP contribution in [0.3, 0.4) is 0 Å². The molecule has 4 heteroatoms. The van der Waals surface area contributed by atoms with Crippen molar-refractivity contribution < 1.29 is 0 Å². The number of pyridine rings is 1. The first kappa shape index (κ1) is 9.51. The van der Waals surface area contributed by atoms with Crippen molar-refractivity contribution in [2.24, 2.45) is 0 Å². The number of nitrogens with zero attached hydrogens (tertiary/aromatic N) is 3. The molecule has 0 unspecified atom stereocenters. The number of rotatable bonds is 1. The van der Waals surface area contributed by atoms with Gasteiger partial charge in [-0.15, -0.1) is 0 Å². The number of nitrogen functional groups attached to an aromatic ring is 1. The van der Waals surface area contributed by atoms with Crippen molar-refractivity contribution in [1.29, 1.82) is 0 Å². The van der Waals surface area contributed by atoms with E-state index in [1.54, 1.807) is 0 Å². The number of hydrogen-bond donors (Lipinski definition) is 1. The molecule has 1 saturated heterocycles. The third kappa shape index (κ3) is 1.33. The van der Waals surface area contributed by atoms with E-state index < -0.39 is 0 Å². The molecule has 0 spiro atoms. The van der Waals surface area contributed by atoms with Crippen molar-refractivity contribution in [3.8, 4) is 0 Å². The molecule has 4 nitrogen and oxygen atoms in total. The Bertz CT molecular complexity index is 523. The lowest BCUT2D eigenvalue weighted by molar-refractivity contribution is 0.949. The van der Waals surface area contributed by atoms with E-state index in [1.165, 1.54) is 31.6 Å². The highest BCUT2D eigenvalue weighted by Crippen LogP contribution is 2.24. The number of fused-ring (bicyclic) bond motifs is 1. The normalized spacial score (nSPS) is 16.2. The van der Waals surface area contributed by atoms with Crippen LogP contribution in [0.15, 0.2) is 18.3 Å². The predicted molar refractivity (Wildman–Crippen MR) is 65.8 cm³/mol. The molecular formula is C12H16N4. The highest BCUT2D eigenvalue weighted by Gasteiger charge is 2.13. The zero-order valence-electron chi connectivity index (χ0n) is 9.48. The number of imidazole rings is 1. The second-order valence-electron chi connectivity index (χ2n) is 4.39. The molecule has 16 heavy (non-hydrogen) atoms. The summed E-state index contributed by atoms with van der Waals surface area (Å²) in [5, 5.41) is 0. The van der Waals surface area contributed by atoms with E-state index in [0.717, 1.165) is 11.2 Å². The summed E-state index contributed by atoms with van der Waals surface area (Å²) in [7, 11) is 0. The molecule has 0 bridgehead atoms. The lowest BCUT2D eigenvalue weighted by Crippen LogP contribution is -2.17. The van der Waals surface area contributed by atoms with Gasteiger partial charge in [0.05, 0.1) is 11.2 Å². The van der Waals surface area contributed by atoms with Gasteiger partial charge in [0.2, 0.25) is 5.95 Å². The summed E-state index contributed by atoms with van der Waals surface area (Å²) >= 11 is 0. The van der Waals surface area contributed by atoms with Gasteiger partial charge in [-0.3, -0.25) is 4.40 Å². The van der Waals surface area contributed by atoms with E-state index >= 15 is 0 Å². The highest BCUT2D eigenvalue weighted by atomic mass is 15.2. The van der Waals surface area contributed by atoms with Gasteiger partial charge in [-0.05, 0) is 31.9 Å². The minimum atomic E-state index is 0.570.